The Balaban J connectivity index is 1.43. The predicted octanol–water partition coefficient (Wildman–Crippen LogP) is 5.67. The fourth-order valence-electron chi connectivity index (χ4n) is 3.60. The lowest BCUT2D eigenvalue weighted by Crippen LogP contribution is -2.18. The fraction of sp³-hybridized carbons (Fsp3) is 0.259. The van der Waals surface area contributed by atoms with Crippen LogP contribution in [0.15, 0.2) is 71.5 Å². The zero-order valence-electron chi connectivity index (χ0n) is 20.3. The van der Waals surface area contributed by atoms with Crippen LogP contribution < -0.4 is 10.6 Å². The van der Waals surface area contributed by atoms with Gasteiger partial charge in [-0.15, -0.1) is 0 Å². The average Bonchev–Trinajstić information content (AvgIpc) is 3.34. The monoisotopic (exact) mass is 470 g/mol. The highest BCUT2D eigenvalue weighted by Crippen LogP contribution is 2.25. The number of pyridine rings is 1. The Morgan fingerprint density at radius 3 is 2.80 bits per heavy atom. The summed E-state index contributed by atoms with van der Waals surface area (Å²) in [4.78, 5) is 28.0. The van der Waals surface area contributed by atoms with Crippen LogP contribution in [-0.2, 0) is 6.54 Å². The Morgan fingerprint density at radius 2 is 2.00 bits per heavy atom. The van der Waals surface area contributed by atoms with E-state index in [1.165, 1.54) is 0 Å². The summed E-state index contributed by atoms with van der Waals surface area (Å²) in [5.74, 6) is 1.22. The minimum atomic E-state index is -0.294. The zero-order chi connectivity index (χ0) is 24.6. The molecule has 4 rings (SSSR count). The van der Waals surface area contributed by atoms with Crippen molar-refractivity contribution in [3.8, 4) is 11.3 Å². The lowest BCUT2D eigenvalue weighted by atomic mass is 10.1. The Kier molecular flexibility index (Phi) is 7.84. The number of amides is 1. The first kappa shape index (κ1) is 24.1. The zero-order valence-corrected chi connectivity index (χ0v) is 20.3. The average molecular weight is 471 g/mol. The number of aryl methyl sites for hydroxylation is 1. The van der Waals surface area contributed by atoms with Gasteiger partial charge in [0.2, 0.25) is 5.95 Å². The number of furan rings is 1. The van der Waals surface area contributed by atoms with E-state index in [1.807, 2.05) is 49.4 Å². The van der Waals surface area contributed by atoms with Crippen LogP contribution in [0.4, 0.5) is 17.3 Å². The Hall–Kier alpha value is -4.04. The third-order valence-electron chi connectivity index (χ3n) is 5.56. The van der Waals surface area contributed by atoms with Gasteiger partial charge in [-0.1, -0.05) is 19.4 Å². The van der Waals surface area contributed by atoms with E-state index in [0.717, 1.165) is 47.7 Å². The molecule has 1 amide bonds. The summed E-state index contributed by atoms with van der Waals surface area (Å²) in [6.45, 7) is 5.81. The number of rotatable bonds is 10. The van der Waals surface area contributed by atoms with E-state index >= 15 is 0 Å². The Morgan fingerprint density at radius 1 is 1.11 bits per heavy atom. The van der Waals surface area contributed by atoms with Gasteiger partial charge in [0.15, 0.2) is 5.76 Å². The van der Waals surface area contributed by atoms with Gasteiger partial charge < -0.3 is 15.1 Å². The second-order valence-electron chi connectivity index (χ2n) is 8.47. The first-order valence-electron chi connectivity index (χ1n) is 11.7. The molecule has 0 radical (unpaired) electrons. The minimum absolute atomic E-state index is 0.284. The van der Waals surface area contributed by atoms with Gasteiger partial charge in [0.25, 0.3) is 5.91 Å². The molecule has 35 heavy (non-hydrogen) atoms. The number of anilines is 3. The molecule has 1 aromatic carbocycles. The van der Waals surface area contributed by atoms with Crippen molar-refractivity contribution in [3.63, 3.8) is 0 Å². The van der Waals surface area contributed by atoms with Crippen molar-refractivity contribution < 1.29 is 9.21 Å². The van der Waals surface area contributed by atoms with Crippen LogP contribution in [0.25, 0.3) is 11.3 Å². The lowest BCUT2D eigenvalue weighted by Gasteiger charge is -2.14. The molecular formula is C27H30N6O2. The predicted molar refractivity (Wildman–Crippen MR) is 138 cm³/mol. The van der Waals surface area contributed by atoms with E-state index in [1.54, 1.807) is 24.7 Å². The fourth-order valence-corrected chi connectivity index (χ4v) is 3.60. The SMILES string of the molecule is CCCCN(C)Cc1ccc(C(=O)Nc2ccc(C)c(Nc3nccc(-c4cccnc4)n3)c2)o1. The van der Waals surface area contributed by atoms with E-state index in [4.69, 9.17) is 4.42 Å². The van der Waals surface area contributed by atoms with Gasteiger partial charge in [0.1, 0.15) is 5.76 Å². The molecule has 3 heterocycles. The number of hydrogen-bond acceptors (Lipinski definition) is 7. The maximum Gasteiger partial charge on any atom is 0.291 e. The highest BCUT2D eigenvalue weighted by Gasteiger charge is 2.14. The molecule has 0 atom stereocenters. The third-order valence-corrected chi connectivity index (χ3v) is 5.56. The van der Waals surface area contributed by atoms with Gasteiger partial charge in [-0.3, -0.25) is 14.7 Å². The van der Waals surface area contributed by atoms with Crippen LogP contribution in [0, 0.1) is 6.92 Å². The molecule has 3 aromatic heterocycles. The van der Waals surface area contributed by atoms with Gasteiger partial charge in [0.05, 0.1) is 12.2 Å². The third kappa shape index (κ3) is 6.51. The Bertz CT molecular complexity index is 1270. The molecule has 0 bridgehead atoms. The molecule has 0 saturated carbocycles. The topological polar surface area (TPSA) is 96.2 Å². The molecule has 0 aliphatic heterocycles. The van der Waals surface area contributed by atoms with Crippen molar-refractivity contribution in [1.82, 2.24) is 19.9 Å². The van der Waals surface area contributed by atoms with Crippen LogP contribution in [0.1, 0.15) is 41.6 Å². The van der Waals surface area contributed by atoms with E-state index in [-0.39, 0.29) is 11.7 Å². The maximum absolute atomic E-state index is 12.8. The van der Waals surface area contributed by atoms with Crippen LogP contribution >= 0.6 is 0 Å². The molecule has 0 fully saturated rings. The minimum Gasteiger partial charge on any atom is -0.455 e. The summed E-state index contributed by atoms with van der Waals surface area (Å²) in [6, 6.07) is 14.9. The first-order chi connectivity index (χ1) is 17.0. The van der Waals surface area contributed by atoms with Crippen molar-refractivity contribution in [2.24, 2.45) is 0 Å². The molecule has 8 nitrogen and oxygen atoms in total. The summed E-state index contributed by atoms with van der Waals surface area (Å²) in [5.41, 5.74) is 4.11. The number of nitrogens with one attached hydrogen (secondary N) is 2. The number of unbranched alkanes of at least 4 members (excludes halogenated alkanes) is 1. The number of hydrogen-bond donors (Lipinski definition) is 2. The van der Waals surface area contributed by atoms with Gasteiger partial charge in [0, 0.05) is 35.5 Å². The second-order valence-corrected chi connectivity index (χ2v) is 8.47. The van der Waals surface area contributed by atoms with Crippen molar-refractivity contribution in [1.29, 1.82) is 0 Å². The van der Waals surface area contributed by atoms with Gasteiger partial charge in [-0.25, -0.2) is 9.97 Å². The normalized spacial score (nSPS) is 11.0. The number of nitrogens with zero attached hydrogens (tertiary/aromatic N) is 4. The largest absolute Gasteiger partial charge is 0.455 e. The number of benzene rings is 1. The Labute approximate surface area is 205 Å². The lowest BCUT2D eigenvalue weighted by molar-refractivity contribution is 0.0993. The standard InChI is InChI=1S/C27H30N6O2/c1-4-5-15-33(3)18-22-10-11-25(35-22)26(34)30-21-9-8-19(2)24(16-21)32-27-29-14-12-23(31-27)20-7-6-13-28-17-20/h6-14,16-17H,4-5,15,18H2,1-3H3,(H,30,34)(H,29,31,32). The maximum atomic E-state index is 12.8. The molecule has 8 heteroatoms. The highest BCUT2D eigenvalue weighted by molar-refractivity contribution is 6.02. The van der Waals surface area contributed by atoms with Crippen molar-refractivity contribution in [3.05, 3.63) is 84.2 Å². The molecule has 0 aliphatic carbocycles. The summed E-state index contributed by atoms with van der Waals surface area (Å²) < 4.78 is 5.78. The van der Waals surface area contributed by atoms with Crippen molar-refractivity contribution in [2.75, 3.05) is 24.2 Å². The van der Waals surface area contributed by atoms with E-state index in [9.17, 15) is 4.79 Å². The smallest absolute Gasteiger partial charge is 0.291 e. The van der Waals surface area contributed by atoms with Crippen LogP contribution in [0.2, 0.25) is 0 Å². The molecule has 0 spiro atoms. The highest BCUT2D eigenvalue weighted by atomic mass is 16.4. The van der Waals surface area contributed by atoms with Gasteiger partial charge in [-0.2, -0.15) is 0 Å². The van der Waals surface area contributed by atoms with Crippen LogP contribution in [0.5, 0.6) is 0 Å². The van der Waals surface area contributed by atoms with Crippen LogP contribution in [0.3, 0.4) is 0 Å². The van der Waals surface area contributed by atoms with E-state index < -0.39 is 0 Å². The molecule has 0 aliphatic rings. The molecule has 180 valence electrons. The van der Waals surface area contributed by atoms with E-state index in [0.29, 0.717) is 18.2 Å². The van der Waals surface area contributed by atoms with Gasteiger partial charge >= 0.3 is 0 Å². The summed E-state index contributed by atoms with van der Waals surface area (Å²) >= 11 is 0. The second kappa shape index (κ2) is 11.4. The quantitative estimate of drug-likeness (QED) is 0.308. The first-order valence-corrected chi connectivity index (χ1v) is 11.7. The molecule has 0 unspecified atom stereocenters. The number of aromatic nitrogens is 3. The van der Waals surface area contributed by atoms with E-state index in [2.05, 4.69) is 44.5 Å². The molecule has 0 saturated heterocycles. The molecular weight excluding hydrogens is 440 g/mol. The number of carbonyl (C=O) groups is 1. The van der Waals surface area contributed by atoms with Crippen molar-refractivity contribution in [2.45, 2.75) is 33.2 Å². The summed E-state index contributed by atoms with van der Waals surface area (Å²) in [5, 5.41) is 6.17. The molecule has 4 aromatic rings. The molecule has 2 N–H and O–H groups in total. The van der Waals surface area contributed by atoms with Gasteiger partial charge in [-0.05, 0) is 75.0 Å². The van der Waals surface area contributed by atoms with Crippen molar-refractivity contribution >= 4 is 23.2 Å². The summed E-state index contributed by atoms with van der Waals surface area (Å²) in [6.07, 6.45) is 7.46. The van der Waals surface area contributed by atoms with Crippen LogP contribution in [-0.4, -0.2) is 39.4 Å². The summed E-state index contributed by atoms with van der Waals surface area (Å²) in [7, 11) is 2.05. The number of carbonyl (C=O) groups excluding carboxylic acids is 1.